The summed E-state index contributed by atoms with van der Waals surface area (Å²) in [5.41, 5.74) is 1.75. The van der Waals surface area contributed by atoms with Crippen LogP contribution in [0.3, 0.4) is 0 Å². The molecule has 0 aliphatic rings. The van der Waals surface area contributed by atoms with Crippen molar-refractivity contribution in [2.24, 2.45) is 0 Å². The maximum absolute atomic E-state index is 13.5. The highest BCUT2D eigenvalue weighted by molar-refractivity contribution is 6.17. The molecule has 104 valence electrons. The van der Waals surface area contributed by atoms with Gasteiger partial charge in [-0.3, -0.25) is 0 Å². The molecule has 2 nitrogen and oxygen atoms in total. The van der Waals surface area contributed by atoms with Gasteiger partial charge in [0.25, 0.3) is 0 Å². The molecular formula is C15H20ClFN2. The molecule has 0 aliphatic heterocycles. The van der Waals surface area contributed by atoms with Gasteiger partial charge in [-0.2, -0.15) is 0 Å². The third kappa shape index (κ3) is 2.92. The molecule has 0 spiro atoms. The molecule has 19 heavy (non-hydrogen) atoms. The number of alkyl halides is 1. The normalized spacial score (nSPS) is 13.1. The van der Waals surface area contributed by atoms with Gasteiger partial charge in [0.05, 0.1) is 11.0 Å². The third-order valence-electron chi connectivity index (χ3n) is 3.50. The Balaban J connectivity index is 2.58. The van der Waals surface area contributed by atoms with Gasteiger partial charge in [-0.1, -0.05) is 20.3 Å². The Labute approximate surface area is 118 Å². The summed E-state index contributed by atoms with van der Waals surface area (Å²) < 4.78 is 15.7. The van der Waals surface area contributed by atoms with E-state index in [0.717, 1.165) is 42.5 Å². The lowest BCUT2D eigenvalue weighted by atomic mass is 10.1. The summed E-state index contributed by atoms with van der Waals surface area (Å²) in [6.45, 7) is 4.33. The number of hydrogen-bond acceptors (Lipinski definition) is 1. The van der Waals surface area contributed by atoms with Crippen LogP contribution in [-0.4, -0.2) is 15.4 Å². The van der Waals surface area contributed by atoms with Crippen LogP contribution in [0, 0.1) is 5.82 Å². The molecule has 1 aromatic carbocycles. The van der Waals surface area contributed by atoms with Gasteiger partial charge >= 0.3 is 0 Å². The predicted octanol–water partition coefficient (Wildman–Crippen LogP) is 4.71. The maximum atomic E-state index is 13.5. The molecule has 0 radical (unpaired) electrons. The van der Waals surface area contributed by atoms with E-state index in [2.05, 4.69) is 23.4 Å². The maximum Gasteiger partial charge on any atom is 0.125 e. The van der Waals surface area contributed by atoms with Gasteiger partial charge in [-0.05, 0) is 31.0 Å². The molecule has 0 aliphatic carbocycles. The Morgan fingerprint density at radius 2 is 2.16 bits per heavy atom. The van der Waals surface area contributed by atoms with Gasteiger partial charge < -0.3 is 4.57 Å². The number of aromatic nitrogens is 2. The molecule has 0 bridgehead atoms. The average Bonchev–Trinajstić information content (AvgIpc) is 2.74. The first-order valence-corrected chi connectivity index (χ1v) is 7.47. The minimum Gasteiger partial charge on any atom is -0.325 e. The number of hydrogen-bond donors (Lipinski definition) is 0. The van der Waals surface area contributed by atoms with E-state index in [1.54, 1.807) is 12.1 Å². The summed E-state index contributed by atoms with van der Waals surface area (Å²) >= 11 is 5.86. The summed E-state index contributed by atoms with van der Waals surface area (Å²) in [6, 6.07) is 5.16. The van der Waals surface area contributed by atoms with Crippen LogP contribution in [0.2, 0.25) is 0 Å². The van der Waals surface area contributed by atoms with Crippen LogP contribution in [0.15, 0.2) is 18.2 Å². The van der Waals surface area contributed by atoms with Gasteiger partial charge in [0.15, 0.2) is 0 Å². The number of fused-ring (bicyclic) bond motifs is 1. The van der Waals surface area contributed by atoms with Crippen molar-refractivity contribution in [3.63, 3.8) is 0 Å². The Morgan fingerprint density at radius 1 is 1.37 bits per heavy atom. The molecular weight excluding hydrogens is 263 g/mol. The van der Waals surface area contributed by atoms with Gasteiger partial charge in [0, 0.05) is 18.3 Å². The molecule has 1 heterocycles. The molecule has 0 saturated heterocycles. The van der Waals surface area contributed by atoms with Crippen LogP contribution in [-0.2, 0) is 6.42 Å². The average molecular weight is 283 g/mol. The standard InChI is InChI=1S/C15H20ClFN2/c1-3-5-12(4-2)19-14-10-11(17)6-7-13(14)18-15(19)8-9-16/h6-7,10,12H,3-5,8-9H2,1-2H3. The lowest BCUT2D eigenvalue weighted by Crippen LogP contribution is -2.12. The van der Waals surface area contributed by atoms with Crippen LogP contribution in [0.4, 0.5) is 4.39 Å². The smallest absolute Gasteiger partial charge is 0.125 e. The molecule has 0 N–H and O–H groups in total. The zero-order valence-electron chi connectivity index (χ0n) is 11.5. The van der Waals surface area contributed by atoms with Crippen LogP contribution in [0.5, 0.6) is 0 Å². The molecule has 2 aromatic rings. The molecule has 1 atom stereocenters. The van der Waals surface area contributed by atoms with E-state index < -0.39 is 0 Å². The van der Waals surface area contributed by atoms with Crippen LogP contribution in [0.1, 0.15) is 45.0 Å². The lowest BCUT2D eigenvalue weighted by Gasteiger charge is -2.19. The number of nitrogens with zero attached hydrogens (tertiary/aromatic N) is 2. The largest absolute Gasteiger partial charge is 0.325 e. The number of aryl methyl sites for hydroxylation is 1. The van der Waals surface area contributed by atoms with E-state index in [1.165, 1.54) is 6.07 Å². The summed E-state index contributed by atoms with van der Waals surface area (Å²) in [5, 5.41) is 0. The Morgan fingerprint density at radius 3 is 2.79 bits per heavy atom. The fourth-order valence-electron chi connectivity index (χ4n) is 2.63. The van der Waals surface area contributed by atoms with E-state index in [1.807, 2.05) is 0 Å². The Bertz CT molecular complexity index is 550. The van der Waals surface area contributed by atoms with Crippen molar-refractivity contribution in [3.05, 3.63) is 29.8 Å². The van der Waals surface area contributed by atoms with Gasteiger partial charge in [-0.15, -0.1) is 11.6 Å². The summed E-state index contributed by atoms with van der Waals surface area (Å²) in [6.07, 6.45) is 3.92. The molecule has 4 heteroatoms. The Hall–Kier alpha value is -1.09. The SMILES string of the molecule is CCCC(CC)n1c(CCCl)nc2ccc(F)cc21. The fraction of sp³-hybridized carbons (Fsp3) is 0.533. The second kappa shape index (κ2) is 6.38. The highest BCUT2D eigenvalue weighted by atomic mass is 35.5. The monoisotopic (exact) mass is 282 g/mol. The molecule has 0 fully saturated rings. The van der Waals surface area contributed by atoms with Gasteiger partial charge in [0.1, 0.15) is 11.6 Å². The van der Waals surface area contributed by atoms with Crippen LogP contribution in [0.25, 0.3) is 11.0 Å². The topological polar surface area (TPSA) is 17.8 Å². The first-order chi connectivity index (χ1) is 9.21. The molecule has 2 rings (SSSR count). The molecule has 0 saturated carbocycles. The number of benzene rings is 1. The Kier molecular flexibility index (Phi) is 4.81. The van der Waals surface area contributed by atoms with Crippen molar-refractivity contribution < 1.29 is 4.39 Å². The predicted molar refractivity (Wildman–Crippen MR) is 78.4 cm³/mol. The minimum atomic E-state index is -0.211. The molecule has 1 aromatic heterocycles. The number of halogens is 2. The second-order valence-corrected chi connectivity index (χ2v) is 5.20. The van der Waals surface area contributed by atoms with Crippen molar-refractivity contribution in [1.82, 2.24) is 9.55 Å². The van der Waals surface area contributed by atoms with Crippen LogP contribution >= 0.6 is 11.6 Å². The zero-order chi connectivity index (χ0) is 13.8. The first-order valence-electron chi connectivity index (χ1n) is 6.93. The fourth-order valence-corrected chi connectivity index (χ4v) is 2.80. The quantitative estimate of drug-likeness (QED) is 0.702. The van der Waals surface area contributed by atoms with E-state index in [9.17, 15) is 4.39 Å². The summed E-state index contributed by atoms with van der Waals surface area (Å²) in [4.78, 5) is 4.61. The number of rotatable bonds is 6. The number of imidazole rings is 1. The van der Waals surface area contributed by atoms with Crippen molar-refractivity contribution in [2.75, 3.05) is 5.88 Å². The molecule has 1 unspecified atom stereocenters. The highest BCUT2D eigenvalue weighted by Crippen LogP contribution is 2.27. The molecule has 0 amide bonds. The van der Waals surface area contributed by atoms with E-state index >= 15 is 0 Å². The minimum absolute atomic E-state index is 0.211. The third-order valence-corrected chi connectivity index (χ3v) is 3.69. The van der Waals surface area contributed by atoms with Crippen LogP contribution < -0.4 is 0 Å². The van der Waals surface area contributed by atoms with Crippen molar-refractivity contribution in [2.45, 2.75) is 45.6 Å². The van der Waals surface area contributed by atoms with E-state index in [4.69, 9.17) is 11.6 Å². The van der Waals surface area contributed by atoms with Crippen molar-refractivity contribution >= 4 is 22.6 Å². The summed E-state index contributed by atoms with van der Waals surface area (Å²) in [7, 11) is 0. The van der Waals surface area contributed by atoms with Crippen molar-refractivity contribution in [1.29, 1.82) is 0 Å². The van der Waals surface area contributed by atoms with E-state index in [-0.39, 0.29) is 5.82 Å². The van der Waals surface area contributed by atoms with Gasteiger partial charge in [0.2, 0.25) is 0 Å². The second-order valence-electron chi connectivity index (χ2n) is 4.82. The zero-order valence-corrected chi connectivity index (χ0v) is 12.3. The lowest BCUT2D eigenvalue weighted by molar-refractivity contribution is 0.445. The van der Waals surface area contributed by atoms with E-state index in [0.29, 0.717) is 11.9 Å². The summed E-state index contributed by atoms with van der Waals surface area (Å²) in [5.74, 6) is 1.29. The van der Waals surface area contributed by atoms with Crippen molar-refractivity contribution in [3.8, 4) is 0 Å². The first kappa shape index (κ1) is 14.3. The highest BCUT2D eigenvalue weighted by Gasteiger charge is 2.17. The van der Waals surface area contributed by atoms with Gasteiger partial charge in [-0.25, -0.2) is 9.37 Å².